The van der Waals surface area contributed by atoms with Crippen molar-refractivity contribution < 1.29 is 9.63 Å². The number of anilines is 1. The van der Waals surface area contributed by atoms with Gasteiger partial charge in [0.2, 0.25) is 0 Å². The lowest BCUT2D eigenvalue weighted by Gasteiger charge is -2.15. The van der Waals surface area contributed by atoms with Crippen molar-refractivity contribution >= 4 is 29.0 Å². The first-order chi connectivity index (χ1) is 12.4. The molecular formula is C18H18ClN5O2. The number of amides is 2. The zero-order chi connectivity index (χ0) is 19.1. The van der Waals surface area contributed by atoms with Gasteiger partial charge in [-0.25, -0.2) is 10.6 Å². The van der Waals surface area contributed by atoms with Crippen LogP contribution >= 0.6 is 11.6 Å². The van der Waals surface area contributed by atoms with Gasteiger partial charge in [-0.2, -0.15) is 5.26 Å². The van der Waals surface area contributed by atoms with Crippen molar-refractivity contribution in [1.82, 2.24) is 5.01 Å². The predicted octanol–water partition coefficient (Wildman–Crippen LogP) is 3.49. The van der Waals surface area contributed by atoms with E-state index >= 15 is 0 Å². The van der Waals surface area contributed by atoms with E-state index in [1.165, 1.54) is 7.05 Å². The molecule has 0 aliphatic carbocycles. The Morgan fingerprint density at radius 3 is 2.81 bits per heavy atom. The number of urea groups is 1. The van der Waals surface area contributed by atoms with Crippen molar-refractivity contribution in [3.8, 4) is 6.07 Å². The van der Waals surface area contributed by atoms with Crippen LogP contribution < -0.4 is 11.2 Å². The molecule has 0 saturated heterocycles. The third-order valence-corrected chi connectivity index (χ3v) is 3.85. The number of benzene rings is 2. The van der Waals surface area contributed by atoms with Crippen molar-refractivity contribution in [2.75, 3.05) is 12.4 Å². The molecule has 2 amide bonds. The van der Waals surface area contributed by atoms with Gasteiger partial charge in [-0.05, 0) is 31.2 Å². The molecule has 0 bridgehead atoms. The van der Waals surface area contributed by atoms with E-state index in [2.05, 4.69) is 16.5 Å². The van der Waals surface area contributed by atoms with E-state index in [0.29, 0.717) is 27.5 Å². The molecule has 0 aliphatic rings. The zero-order valence-electron chi connectivity index (χ0n) is 14.4. The molecule has 0 aliphatic heterocycles. The summed E-state index contributed by atoms with van der Waals surface area (Å²) in [4.78, 5) is 17.2. The molecule has 26 heavy (non-hydrogen) atoms. The van der Waals surface area contributed by atoms with Crippen LogP contribution in [0.3, 0.4) is 0 Å². The number of nitrogens with two attached hydrogens (primary N) is 1. The number of carbonyl (C=O) groups is 1. The third-order valence-electron chi connectivity index (χ3n) is 3.50. The molecule has 0 atom stereocenters. The van der Waals surface area contributed by atoms with Crippen LogP contribution in [-0.2, 0) is 11.4 Å². The van der Waals surface area contributed by atoms with Gasteiger partial charge in [0.25, 0.3) is 0 Å². The van der Waals surface area contributed by atoms with Crippen LogP contribution in [0.2, 0.25) is 5.02 Å². The molecule has 0 unspecified atom stereocenters. The summed E-state index contributed by atoms with van der Waals surface area (Å²) in [6, 6.07) is 13.7. The topological polar surface area (TPSA) is 104 Å². The highest BCUT2D eigenvalue weighted by molar-refractivity contribution is 6.31. The minimum absolute atomic E-state index is 0.0544. The van der Waals surface area contributed by atoms with E-state index in [0.717, 1.165) is 10.6 Å². The van der Waals surface area contributed by atoms with E-state index < -0.39 is 6.03 Å². The van der Waals surface area contributed by atoms with Crippen LogP contribution in [-0.4, -0.2) is 23.8 Å². The Morgan fingerprint density at radius 1 is 1.38 bits per heavy atom. The number of carbonyl (C=O) groups excluding carboxylic acids is 1. The van der Waals surface area contributed by atoms with Gasteiger partial charge >= 0.3 is 6.03 Å². The van der Waals surface area contributed by atoms with E-state index in [-0.39, 0.29) is 6.61 Å². The summed E-state index contributed by atoms with van der Waals surface area (Å²) >= 11 is 6.20. The Balaban J connectivity index is 2.13. The summed E-state index contributed by atoms with van der Waals surface area (Å²) in [5.41, 5.74) is 2.99. The van der Waals surface area contributed by atoms with E-state index in [4.69, 9.17) is 27.5 Å². The molecule has 0 spiro atoms. The largest absolute Gasteiger partial charge is 0.391 e. The fraction of sp³-hybridized carbons (Fsp3) is 0.167. The molecule has 0 saturated carbocycles. The van der Waals surface area contributed by atoms with Crippen molar-refractivity contribution in [3.05, 3.63) is 64.2 Å². The van der Waals surface area contributed by atoms with Crippen molar-refractivity contribution in [1.29, 1.82) is 5.26 Å². The highest BCUT2D eigenvalue weighted by Crippen LogP contribution is 2.25. The maximum absolute atomic E-state index is 11.8. The number of nitrogens with one attached hydrogen (secondary N) is 1. The summed E-state index contributed by atoms with van der Waals surface area (Å²) in [6.07, 6.45) is 0. The van der Waals surface area contributed by atoms with E-state index in [9.17, 15) is 4.79 Å². The Morgan fingerprint density at radius 2 is 2.12 bits per heavy atom. The highest BCUT2D eigenvalue weighted by atomic mass is 35.5. The summed E-state index contributed by atoms with van der Waals surface area (Å²) in [5, 5.41) is 17.0. The highest BCUT2D eigenvalue weighted by Gasteiger charge is 2.12. The summed E-state index contributed by atoms with van der Waals surface area (Å²) in [6.45, 7) is 1.83. The minimum atomic E-state index is -0.485. The lowest BCUT2D eigenvalue weighted by Crippen LogP contribution is -2.37. The quantitative estimate of drug-likeness (QED) is 0.363. The number of hydrazine groups is 1. The Kier molecular flexibility index (Phi) is 6.55. The van der Waals surface area contributed by atoms with Crippen LogP contribution in [0.1, 0.15) is 23.6 Å². The van der Waals surface area contributed by atoms with Gasteiger partial charge < -0.3 is 10.2 Å². The first-order valence-corrected chi connectivity index (χ1v) is 8.04. The standard InChI is InChI=1S/C18H18ClN5O2/c1-12(14-6-3-5-13(9-14)10-20)23-26-11-15-16(19)7-4-8-17(15)22-18(25)24(2)21/h3-9H,11,21H2,1-2H3,(H,22,25)/b23-12+. The molecule has 8 heteroatoms. The average molecular weight is 372 g/mol. The first-order valence-electron chi connectivity index (χ1n) is 7.66. The van der Waals surface area contributed by atoms with E-state index in [1.54, 1.807) is 43.3 Å². The molecule has 0 heterocycles. The van der Waals surface area contributed by atoms with Crippen LogP contribution in [0.25, 0.3) is 0 Å². The predicted molar refractivity (Wildman–Crippen MR) is 101 cm³/mol. The second-order valence-corrected chi connectivity index (χ2v) is 5.86. The van der Waals surface area contributed by atoms with Gasteiger partial charge in [-0.3, -0.25) is 5.01 Å². The fourth-order valence-electron chi connectivity index (χ4n) is 2.09. The smallest absolute Gasteiger partial charge is 0.335 e. The zero-order valence-corrected chi connectivity index (χ0v) is 15.1. The van der Waals surface area contributed by atoms with Gasteiger partial charge in [-0.15, -0.1) is 0 Å². The number of hydrogen-bond donors (Lipinski definition) is 2. The van der Waals surface area contributed by atoms with Crippen LogP contribution in [0.15, 0.2) is 47.6 Å². The molecule has 2 aromatic carbocycles. The number of nitriles is 1. The Labute approximate surface area is 156 Å². The molecule has 2 rings (SSSR count). The maximum Gasteiger partial charge on any atom is 0.335 e. The van der Waals surface area contributed by atoms with Gasteiger partial charge in [0.15, 0.2) is 0 Å². The second-order valence-electron chi connectivity index (χ2n) is 5.45. The molecule has 3 N–H and O–H groups in total. The van der Waals surface area contributed by atoms with Crippen LogP contribution in [0.5, 0.6) is 0 Å². The second kappa shape index (κ2) is 8.85. The lowest BCUT2D eigenvalue weighted by molar-refractivity contribution is 0.131. The normalized spacial score (nSPS) is 10.8. The number of oxime groups is 1. The average Bonchev–Trinajstić information content (AvgIpc) is 2.63. The van der Waals surface area contributed by atoms with Crippen LogP contribution in [0.4, 0.5) is 10.5 Å². The van der Waals surface area contributed by atoms with Crippen molar-refractivity contribution in [2.24, 2.45) is 11.0 Å². The minimum Gasteiger partial charge on any atom is -0.391 e. The molecule has 0 fully saturated rings. The summed E-state index contributed by atoms with van der Waals surface area (Å²) in [7, 11) is 1.43. The SMILES string of the molecule is C/C(=N\OCc1c(Cl)cccc1NC(=O)N(C)N)c1cccc(C#N)c1. The lowest BCUT2D eigenvalue weighted by atomic mass is 10.1. The maximum atomic E-state index is 11.8. The van der Waals surface area contributed by atoms with E-state index in [1.807, 2.05) is 6.07 Å². The van der Waals surface area contributed by atoms with Crippen molar-refractivity contribution in [3.63, 3.8) is 0 Å². The molecular weight excluding hydrogens is 354 g/mol. The molecule has 7 nitrogen and oxygen atoms in total. The fourth-order valence-corrected chi connectivity index (χ4v) is 2.32. The number of rotatable bonds is 5. The van der Waals surface area contributed by atoms with Crippen molar-refractivity contribution in [2.45, 2.75) is 13.5 Å². The Bertz CT molecular complexity index is 874. The molecule has 134 valence electrons. The van der Waals surface area contributed by atoms with Gasteiger partial charge in [0, 0.05) is 23.2 Å². The number of halogens is 1. The Hall–Kier alpha value is -3.08. The van der Waals surface area contributed by atoms with Gasteiger partial charge in [0.05, 0.1) is 23.0 Å². The number of hydrogen-bond acceptors (Lipinski definition) is 5. The van der Waals surface area contributed by atoms with Gasteiger partial charge in [0.1, 0.15) is 6.61 Å². The molecule has 0 radical (unpaired) electrons. The third kappa shape index (κ3) is 4.96. The van der Waals surface area contributed by atoms with Gasteiger partial charge in [-0.1, -0.05) is 35.0 Å². The monoisotopic (exact) mass is 371 g/mol. The first kappa shape index (κ1) is 19.2. The summed E-state index contributed by atoms with van der Waals surface area (Å²) < 4.78 is 0. The molecule has 0 aromatic heterocycles. The molecule has 2 aromatic rings. The van der Waals surface area contributed by atoms with Crippen LogP contribution in [0, 0.1) is 11.3 Å². The summed E-state index contributed by atoms with van der Waals surface area (Å²) in [5.74, 6) is 5.41. The number of nitrogens with zero attached hydrogens (tertiary/aromatic N) is 3.